The highest BCUT2D eigenvalue weighted by molar-refractivity contribution is 7.91. The van der Waals surface area contributed by atoms with Crippen molar-refractivity contribution in [1.29, 1.82) is 0 Å². The smallest absolute Gasteiger partial charge is 0.239 e. The molecule has 1 aromatic rings. The molecule has 0 saturated carbocycles. The summed E-state index contributed by atoms with van der Waals surface area (Å²) in [5.41, 5.74) is 5.35. The molecule has 3 N–H and O–H groups in total. The Hall–Kier alpha value is -1.11. The van der Waals surface area contributed by atoms with Gasteiger partial charge in [0.15, 0.2) is 9.84 Å². The Kier molecular flexibility index (Phi) is 2.18. The fourth-order valence-electron chi connectivity index (χ4n) is 1.71. The summed E-state index contributed by atoms with van der Waals surface area (Å²) < 4.78 is 22.7. The van der Waals surface area contributed by atoms with Crippen LogP contribution < -0.4 is 5.73 Å². The number of nitrogen functional groups attached to an aromatic ring is 1. The van der Waals surface area contributed by atoms with Crippen molar-refractivity contribution in [2.24, 2.45) is 0 Å². The van der Waals surface area contributed by atoms with E-state index in [4.69, 9.17) is 5.73 Å². The van der Waals surface area contributed by atoms with E-state index >= 15 is 0 Å². The number of aromatic amines is 1. The van der Waals surface area contributed by atoms with Crippen molar-refractivity contribution < 1.29 is 8.42 Å². The summed E-state index contributed by atoms with van der Waals surface area (Å²) in [6, 6.07) is 0. The van der Waals surface area contributed by atoms with Gasteiger partial charge in [-0.15, -0.1) is 5.10 Å². The molecule has 0 aromatic carbocycles. The first-order valence-corrected chi connectivity index (χ1v) is 6.27. The maximum Gasteiger partial charge on any atom is 0.239 e. The molecule has 78 valence electrons. The number of aromatic nitrogens is 3. The molecule has 1 unspecified atom stereocenters. The van der Waals surface area contributed by atoms with Crippen LogP contribution in [-0.2, 0) is 9.84 Å². The summed E-state index contributed by atoms with van der Waals surface area (Å²) in [5, 5.41) is 6.35. The van der Waals surface area contributed by atoms with Crippen molar-refractivity contribution in [3.05, 3.63) is 5.82 Å². The van der Waals surface area contributed by atoms with Gasteiger partial charge in [0.1, 0.15) is 5.82 Å². The molecule has 1 aliphatic rings. The number of nitrogens with two attached hydrogens (primary N) is 1. The molecular formula is C7H12N4O2S. The van der Waals surface area contributed by atoms with Crippen molar-refractivity contribution >= 4 is 15.8 Å². The minimum absolute atomic E-state index is 0.0708. The van der Waals surface area contributed by atoms with Crippen molar-refractivity contribution in [3.63, 3.8) is 0 Å². The van der Waals surface area contributed by atoms with Gasteiger partial charge in [-0.2, -0.15) is 4.98 Å². The highest BCUT2D eigenvalue weighted by atomic mass is 32.2. The lowest BCUT2D eigenvalue weighted by Crippen LogP contribution is -2.24. The summed E-state index contributed by atoms with van der Waals surface area (Å²) in [4.78, 5) is 3.95. The Bertz CT molecular complexity index is 425. The number of hydrogen-bond acceptors (Lipinski definition) is 5. The zero-order valence-electron chi connectivity index (χ0n) is 7.60. The minimum Gasteiger partial charge on any atom is -0.367 e. The van der Waals surface area contributed by atoms with Gasteiger partial charge in [0.2, 0.25) is 5.95 Å². The Balaban J connectivity index is 2.20. The van der Waals surface area contributed by atoms with Gasteiger partial charge in [-0.1, -0.05) is 0 Å². The maximum absolute atomic E-state index is 11.3. The lowest BCUT2D eigenvalue weighted by atomic mass is 10.1. The van der Waals surface area contributed by atoms with Crippen LogP contribution in [0.1, 0.15) is 24.6 Å². The molecule has 0 amide bonds. The molecule has 1 fully saturated rings. The first-order chi connectivity index (χ1) is 6.57. The third-order valence-corrected chi connectivity index (χ3v) is 4.19. The van der Waals surface area contributed by atoms with Crippen LogP contribution in [0.5, 0.6) is 0 Å². The third-order valence-electron chi connectivity index (χ3n) is 2.37. The van der Waals surface area contributed by atoms with E-state index in [2.05, 4.69) is 15.2 Å². The molecule has 0 radical (unpaired) electrons. The molecular weight excluding hydrogens is 204 g/mol. The number of hydrogen-bond donors (Lipinski definition) is 2. The largest absolute Gasteiger partial charge is 0.367 e. The first kappa shape index (κ1) is 9.45. The van der Waals surface area contributed by atoms with Crippen molar-refractivity contribution in [3.8, 4) is 0 Å². The van der Waals surface area contributed by atoms with E-state index in [0.29, 0.717) is 12.2 Å². The van der Waals surface area contributed by atoms with Gasteiger partial charge in [-0.25, -0.2) is 8.42 Å². The monoisotopic (exact) mass is 216 g/mol. The topological polar surface area (TPSA) is 102 Å². The molecule has 0 bridgehead atoms. The second-order valence-electron chi connectivity index (χ2n) is 3.53. The average molecular weight is 216 g/mol. The third kappa shape index (κ3) is 1.87. The summed E-state index contributed by atoms with van der Waals surface area (Å²) in [7, 11) is -2.90. The zero-order valence-corrected chi connectivity index (χ0v) is 8.42. The van der Waals surface area contributed by atoms with E-state index in [1.54, 1.807) is 0 Å². The lowest BCUT2D eigenvalue weighted by Gasteiger charge is -2.19. The molecule has 1 aliphatic heterocycles. The van der Waals surface area contributed by atoms with Crippen LogP contribution in [0.15, 0.2) is 0 Å². The molecule has 1 saturated heterocycles. The minimum atomic E-state index is -2.90. The number of sulfone groups is 1. The predicted molar refractivity (Wildman–Crippen MR) is 51.4 cm³/mol. The fourth-order valence-corrected chi connectivity index (χ4v) is 3.42. The Morgan fingerprint density at radius 1 is 1.50 bits per heavy atom. The standard InChI is InChI=1S/C7H12N4O2S/c8-7-9-6(10-11-7)5-2-1-3-14(12,13)4-5/h5H,1-4H2,(H3,8,9,10,11). The second kappa shape index (κ2) is 3.23. The van der Waals surface area contributed by atoms with Gasteiger partial charge in [0, 0.05) is 5.92 Å². The summed E-state index contributed by atoms with van der Waals surface area (Å²) in [6.07, 6.45) is 1.52. The average Bonchev–Trinajstić information content (AvgIpc) is 2.50. The molecule has 6 nitrogen and oxygen atoms in total. The molecule has 2 heterocycles. The molecule has 7 heteroatoms. The Labute approximate surface area is 81.8 Å². The van der Waals surface area contributed by atoms with Crippen molar-refractivity contribution in [2.45, 2.75) is 18.8 Å². The van der Waals surface area contributed by atoms with Gasteiger partial charge in [-0.05, 0) is 12.8 Å². The van der Waals surface area contributed by atoms with Crippen LogP contribution in [0, 0.1) is 0 Å². The fraction of sp³-hybridized carbons (Fsp3) is 0.714. The van der Waals surface area contributed by atoms with Gasteiger partial charge < -0.3 is 5.73 Å². The van der Waals surface area contributed by atoms with E-state index in [1.807, 2.05) is 0 Å². The Morgan fingerprint density at radius 2 is 2.29 bits per heavy atom. The van der Waals surface area contributed by atoms with E-state index in [0.717, 1.165) is 6.42 Å². The van der Waals surface area contributed by atoms with Crippen LogP contribution in [0.25, 0.3) is 0 Å². The second-order valence-corrected chi connectivity index (χ2v) is 5.76. The lowest BCUT2D eigenvalue weighted by molar-refractivity contribution is 0.544. The number of nitrogens with one attached hydrogen (secondary N) is 1. The number of rotatable bonds is 1. The Morgan fingerprint density at radius 3 is 2.86 bits per heavy atom. The summed E-state index contributed by atoms with van der Waals surface area (Å²) in [5.74, 6) is 1.13. The van der Waals surface area contributed by atoms with Gasteiger partial charge in [0.05, 0.1) is 11.5 Å². The quantitative estimate of drug-likeness (QED) is 0.669. The highest BCUT2D eigenvalue weighted by Gasteiger charge is 2.27. The molecule has 0 aliphatic carbocycles. The zero-order chi connectivity index (χ0) is 10.2. The SMILES string of the molecule is Nc1n[nH]c(C2CCCS(=O)(=O)C2)n1. The van der Waals surface area contributed by atoms with Crippen LogP contribution >= 0.6 is 0 Å². The van der Waals surface area contributed by atoms with Gasteiger partial charge in [0.25, 0.3) is 0 Å². The van der Waals surface area contributed by atoms with E-state index in [9.17, 15) is 8.42 Å². The molecule has 1 aromatic heterocycles. The highest BCUT2D eigenvalue weighted by Crippen LogP contribution is 2.25. The predicted octanol–water partition coefficient (Wildman–Crippen LogP) is -0.321. The molecule has 2 rings (SSSR count). The van der Waals surface area contributed by atoms with Crippen LogP contribution in [0.3, 0.4) is 0 Å². The van der Waals surface area contributed by atoms with E-state index in [-0.39, 0.29) is 23.4 Å². The summed E-state index contributed by atoms with van der Waals surface area (Å²) >= 11 is 0. The van der Waals surface area contributed by atoms with Gasteiger partial charge in [-0.3, -0.25) is 5.10 Å². The molecule has 1 atom stereocenters. The van der Waals surface area contributed by atoms with Crippen LogP contribution in [-0.4, -0.2) is 35.1 Å². The van der Waals surface area contributed by atoms with Crippen LogP contribution in [0.4, 0.5) is 5.95 Å². The van der Waals surface area contributed by atoms with Crippen molar-refractivity contribution in [2.75, 3.05) is 17.2 Å². The molecule has 14 heavy (non-hydrogen) atoms. The molecule has 0 spiro atoms. The maximum atomic E-state index is 11.3. The number of H-pyrrole nitrogens is 1. The normalized spacial score (nSPS) is 26.1. The summed E-state index contributed by atoms with van der Waals surface area (Å²) in [6.45, 7) is 0. The van der Waals surface area contributed by atoms with Crippen molar-refractivity contribution in [1.82, 2.24) is 15.2 Å². The number of anilines is 1. The van der Waals surface area contributed by atoms with E-state index in [1.165, 1.54) is 0 Å². The van der Waals surface area contributed by atoms with Gasteiger partial charge >= 0.3 is 0 Å². The number of nitrogens with zero attached hydrogens (tertiary/aromatic N) is 2. The van der Waals surface area contributed by atoms with E-state index < -0.39 is 9.84 Å². The van der Waals surface area contributed by atoms with Crippen LogP contribution in [0.2, 0.25) is 0 Å². The first-order valence-electron chi connectivity index (χ1n) is 4.45.